The molecule has 0 bridgehead atoms. The summed E-state index contributed by atoms with van der Waals surface area (Å²) < 4.78 is 66.5. The van der Waals surface area contributed by atoms with Gasteiger partial charge >= 0.3 is 0 Å². The molecule has 7 nitrogen and oxygen atoms in total. The third-order valence-corrected chi connectivity index (χ3v) is 7.43. The zero-order chi connectivity index (χ0) is 29.3. The van der Waals surface area contributed by atoms with Gasteiger partial charge in [0.15, 0.2) is 11.6 Å². The second-order valence-electron chi connectivity index (χ2n) is 9.29. The van der Waals surface area contributed by atoms with Gasteiger partial charge in [-0.05, 0) is 48.7 Å². The number of amides is 2. The fourth-order valence-electron chi connectivity index (χ4n) is 4.28. The maximum Gasteiger partial charge on any atom is 0.243 e. The highest BCUT2D eigenvalue weighted by Gasteiger charge is 2.30. The van der Waals surface area contributed by atoms with E-state index in [1.807, 2.05) is 30.3 Å². The summed E-state index contributed by atoms with van der Waals surface area (Å²) in [4.78, 5) is 28.2. The van der Waals surface area contributed by atoms with Crippen LogP contribution in [0.3, 0.4) is 0 Å². The number of hydrogen-bond acceptors (Lipinski definition) is 4. The fourth-order valence-corrected chi connectivity index (χ4v) is 5.23. The Kier molecular flexibility index (Phi) is 10.7. The average Bonchev–Trinajstić information content (AvgIpc) is 2.91. The number of rotatable bonds is 13. The maximum absolute atomic E-state index is 13.8. The van der Waals surface area contributed by atoms with Crippen LogP contribution in [-0.2, 0) is 32.6 Å². The first-order valence-electron chi connectivity index (χ1n) is 12.8. The van der Waals surface area contributed by atoms with Gasteiger partial charge in [0.2, 0.25) is 21.8 Å². The van der Waals surface area contributed by atoms with E-state index in [9.17, 15) is 31.2 Å². The van der Waals surface area contributed by atoms with Crippen LogP contribution in [-0.4, -0.2) is 50.5 Å². The van der Waals surface area contributed by atoms with Crippen molar-refractivity contribution < 1.29 is 31.2 Å². The molecule has 0 aliphatic carbocycles. The van der Waals surface area contributed by atoms with Crippen LogP contribution in [0.1, 0.15) is 30.9 Å². The van der Waals surface area contributed by atoms with E-state index < -0.39 is 39.4 Å². The van der Waals surface area contributed by atoms with Gasteiger partial charge in [-0.2, -0.15) is 0 Å². The molecule has 0 aromatic heterocycles. The molecule has 0 aliphatic rings. The Balaban J connectivity index is 1.86. The molecule has 40 heavy (non-hydrogen) atoms. The minimum Gasteiger partial charge on any atom is -0.355 e. The van der Waals surface area contributed by atoms with Crippen LogP contribution in [0.2, 0.25) is 0 Å². The Morgan fingerprint density at radius 1 is 0.900 bits per heavy atom. The van der Waals surface area contributed by atoms with Crippen LogP contribution in [0.4, 0.5) is 18.9 Å². The van der Waals surface area contributed by atoms with E-state index in [4.69, 9.17) is 0 Å². The molecule has 1 N–H and O–H groups in total. The molecule has 1 atom stereocenters. The van der Waals surface area contributed by atoms with Crippen molar-refractivity contribution in [2.45, 2.75) is 38.8 Å². The van der Waals surface area contributed by atoms with E-state index in [1.54, 1.807) is 6.92 Å². The smallest absolute Gasteiger partial charge is 0.243 e. The Morgan fingerprint density at radius 2 is 1.57 bits per heavy atom. The molecule has 214 valence electrons. The highest BCUT2D eigenvalue weighted by molar-refractivity contribution is 7.92. The van der Waals surface area contributed by atoms with Crippen molar-refractivity contribution in [1.82, 2.24) is 10.2 Å². The lowest BCUT2D eigenvalue weighted by Crippen LogP contribution is -2.50. The zero-order valence-corrected chi connectivity index (χ0v) is 23.1. The molecule has 3 rings (SSSR count). The quantitative estimate of drug-likeness (QED) is 0.327. The highest BCUT2D eigenvalue weighted by atomic mass is 32.2. The standard InChI is InChI=1S/C29H32F3N3O4S/c1-3-33-29(37)27(18-21-8-5-4-6-9-21)34(20-22-11-13-23(30)14-12-22)28(36)10-7-17-35(40(2,38)39)24-15-16-25(31)26(32)19-24/h4-6,8-9,11-16,19,27H,3,7,10,17-18,20H2,1-2H3,(H,33,37)/t27-/m1/s1. The van der Waals surface area contributed by atoms with E-state index in [2.05, 4.69) is 5.32 Å². The van der Waals surface area contributed by atoms with Gasteiger partial charge < -0.3 is 10.2 Å². The number of halogens is 3. The third kappa shape index (κ3) is 8.57. The van der Waals surface area contributed by atoms with E-state index in [0.29, 0.717) is 12.1 Å². The molecular weight excluding hydrogens is 543 g/mol. The van der Waals surface area contributed by atoms with E-state index >= 15 is 0 Å². The summed E-state index contributed by atoms with van der Waals surface area (Å²) in [5, 5.41) is 2.78. The van der Waals surface area contributed by atoms with Crippen molar-refractivity contribution in [3.8, 4) is 0 Å². The third-order valence-electron chi connectivity index (χ3n) is 6.23. The lowest BCUT2D eigenvalue weighted by molar-refractivity contribution is -0.141. The Bertz CT molecular complexity index is 1400. The number of nitrogens with zero attached hydrogens (tertiary/aromatic N) is 2. The van der Waals surface area contributed by atoms with Gasteiger partial charge in [-0.1, -0.05) is 42.5 Å². The topological polar surface area (TPSA) is 86.8 Å². The van der Waals surface area contributed by atoms with Gasteiger partial charge in [0.1, 0.15) is 11.9 Å². The van der Waals surface area contributed by atoms with Crippen molar-refractivity contribution in [3.63, 3.8) is 0 Å². The van der Waals surface area contributed by atoms with E-state index in [1.165, 1.54) is 29.2 Å². The molecule has 0 saturated carbocycles. The Labute approximate surface area is 232 Å². The molecule has 0 aliphatic heterocycles. The number of nitrogens with one attached hydrogen (secondary N) is 1. The normalized spacial score (nSPS) is 12.0. The Hall–Kier alpha value is -3.86. The first kappa shape index (κ1) is 30.7. The van der Waals surface area contributed by atoms with Gasteiger partial charge in [0, 0.05) is 38.5 Å². The largest absolute Gasteiger partial charge is 0.355 e. The van der Waals surface area contributed by atoms with Crippen LogP contribution in [0, 0.1) is 17.5 Å². The molecule has 0 spiro atoms. The van der Waals surface area contributed by atoms with Crippen LogP contribution >= 0.6 is 0 Å². The molecule has 0 unspecified atom stereocenters. The van der Waals surface area contributed by atoms with Gasteiger partial charge in [0.25, 0.3) is 0 Å². The lowest BCUT2D eigenvalue weighted by Gasteiger charge is -2.32. The molecule has 0 heterocycles. The SMILES string of the molecule is CCNC(=O)[C@@H](Cc1ccccc1)N(Cc1ccc(F)cc1)C(=O)CCCN(c1ccc(F)c(F)c1)S(C)(=O)=O. The molecular formula is C29H32F3N3O4S. The summed E-state index contributed by atoms with van der Waals surface area (Å²) in [6.45, 7) is 1.96. The molecule has 2 amide bonds. The number of benzene rings is 3. The number of carbonyl (C=O) groups excluding carboxylic acids is 2. The minimum absolute atomic E-state index is 0.0205. The average molecular weight is 576 g/mol. The Morgan fingerprint density at radius 3 is 2.17 bits per heavy atom. The summed E-state index contributed by atoms with van der Waals surface area (Å²) in [5.74, 6) is -3.53. The summed E-state index contributed by atoms with van der Waals surface area (Å²) in [7, 11) is -3.88. The highest BCUT2D eigenvalue weighted by Crippen LogP contribution is 2.22. The predicted octanol–water partition coefficient (Wildman–Crippen LogP) is 4.43. The second-order valence-corrected chi connectivity index (χ2v) is 11.2. The maximum atomic E-state index is 13.8. The first-order chi connectivity index (χ1) is 19.0. The molecule has 0 fully saturated rings. The number of hydrogen-bond donors (Lipinski definition) is 1. The number of carbonyl (C=O) groups is 2. The van der Waals surface area contributed by atoms with Crippen molar-refractivity contribution in [3.05, 3.63) is 101 Å². The summed E-state index contributed by atoms with van der Waals surface area (Å²) in [6.07, 6.45) is 1.06. The molecule has 0 radical (unpaired) electrons. The summed E-state index contributed by atoms with van der Waals surface area (Å²) >= 11 is 0. The number of sulfonamides is 1. The van der Waals surface area contributed by atoms with Gasteiger partial charge in [-0.25, -0.2) is 21.6 Å². The van der Waals surface area contributed by atoms with Crippen molar-refractivity contribution in [2.24, 2.45) is 0 Å². The summed E-state index contributed by atoms with van der Waals surface area (Å²) in [5.41, 5.74) is 1.37. The van der Waals surface area contributed by atoms with Crippen molar-refractivity contribution in [1.29, 1.82) is 0 Å². The molecule has 11 heteroatoms. The predicted molar refractivity (Wildman–Crippen MR) is 147 cm³/mol. The van der Waals surface area contributed by atoms with Gasteiger partial charge in [-0.15, -0.1) is 0 Å². The fraction of sp³-hybridized carbons (Fsp3) is 0.310. The minimum atomic E-state index is -3.88. The van der Waals surface area contributed by atoms with E-state index in [0.717, 1.165) is 34.3 Å². The van der Waals surface area contributed by atoms with Gasteiger partial charge in [-0.3, -0.25) is 13.9 Å². The van der Waals surface area contributed by atoms with Crippen LogP contribution in [0.15, 0.2) is 72.8 Å². The zero-order valence-electron chi connectivity index (χ0n) is 22.3. The van der Waals surface area contributed by atoms with Crippen LogP contribution < -0.4 is 9.62 Å². The first-order valence-corrected chi connectivity index (χ1v) is 14.6. The molecule has 3 aromatic rings. The van der Waals surface area contributed by atoms with Gasteiger partial charge in [0.05, 0.1) is 11.9 Å². The van der Waals surface area contributed by atoms with Crippen LogP contribution in [0.5, 0.6) is 0 Å². The lowest BCUT2D eigenvalue weighted by atomic mass is 10.0. The summed E-state index contributed by atoms with van der Waals surface area (Å²) in [6, 6.07) is 16.6. The van der Waals surface area contributed by atoms with Crippen molar-refractivity contribution in [2.75, 3.05) is 23.7 Å². The number of likely N-dealkylation sites (N-methyl/N-ethyl adjacent to an activating group) is 1. The number of anilines is 1. The molecule has 0 saturated heterocycles. The molecule has 3 aromatic carbocycles. The van der Waals surface area contributed by atoms with E-state index in [-0.39, 0.29) is 43.9 Å². The monoisotopic (exact) mass is 575 g/mol. The van der Waals surface area contributed by atoms with Crippen molar-refractivity contribution >= 4 is 27.5 Å². The second kappa shape index (κ2) is 14.0. The van der Waals surface area contributed by atoms with Crippen LogP contribution in [0.25, 0.3) is 0 Å².